The van der Waals surface area contributed by atoms with Crippen LogP contribution in [0.5, 0.6) is 0 Å². The summed E-state index contributed by atoms with van der Waals surface area (Å²) in [6, 6.07) is 4.11. The molecule has 0 bridgehead atoms. The Labute approximate surface area is 142 Å². The summed E-state index contributed by atoms with van der Waals surface area (Å²) in [6.07, 6.45) is 1.75. The Morgan fingerprint density at radius 2 is 2.09 bits per heavy atom. The summed E-state index contributed by atoms with van der Waals surface area (Å²) in [6.45, 7) is 9.84. The van der Waals surface area contributed by atoms with Gasteiger partial charge in [0.15, 0.2) is 5.82 Å². The van der Waals surface area contributed by atoms with Gasteiger partial charge in [-0.25, -0.2) is 4.98 Å². The molecule has 1 aliphatic rings. The van der Waals surface area contributed by atoms with Crippen molar-refractivity contribution in [1.82, 2.24) is 24.9 Å². The van der Waals surface area contributed by atoms with Crippen LogP contribution in [0.15, 0.2) is 29.5 Å². The van der Waals surface area contributed by atoms with E-state index in [2.05, 4.69) is 49.0 Å². The van der Waals surface area contributed by atoms with Crippen LogP contribution in [-0.4, -0.2) is 45.8 Å². The highest BCUT2D eigenvalue weighted by Crippen LogP contribution is 2.31. The zero-order valence-electron chi connectivity index (χ0n) is 12.9. The monoisotopic (exact) mass is 372 g/mol. The average Bonchev–Trinajstić information content (AvgIpc) is 3.04. The van der Waals surface area contributed by atoms with E-state index in [4.69, 9.17) is 4.98 Å². The first kappa shape index (κ1) is 14.6. The fraction of sp³-hybridized carbons (Fsp3) is 0.312. The summed E-state index contributed by atoms with van der Waals surface area (Å²) in [4.78, 5) is 7.22. The number of aromatic nitrogens is 4. The number of fused-ring (bicyclic) bond motifs is 3. The van der Waals surface area contributed by atoms with Gasteiger partial charge in [-0.2, -0.15) is 0 Å². The van der Waals surface area contributed by atoms with Crippen molar-refractivity contribution in [2.45, 2.75) is 6.92 Å². The number of hydrogen-bond donors (Lipinski definition) is 1. The Hall–Kier alpha value is -1.99. The zero-order valence-corrected chi connectivity index (χ0v) is 14.5. The van der Waals surface area contributed by atoms with Crippen molar-refractivity contribution in [3.05, 3.63) is 35.1 Å². The minimum Gasteiger partial charge on any atom is -0.351 e. The van der Waals surface area contributed by atoms with Crippen LogP contribution in [0.4, 0.5) is 5.82 Å². The lowest BCUT2D eigenvalue weighted by Crippen LogP contribution is -2.44. The first-order valence-corrected chi connectivity index (χ1v) is 8.39. The minimum absolute atomic E-state index is 0.796. The van der Waals surface area contributed by atoms with Crippen molar-refractivity contribution >= 4 is 44.0 Å². The molecule has 0 radical (unpaired) electrons. The van der Waals surface area contributed by atoms with Crippen molar-refractivity contribution in [3.8, 4) is 0 Å². The highest BCUT2D eigenvalue weighted by Gasteiger charge is 2.20. The largest absolute Gasteiger partial charge is 0.351 e. The second-order valence-electron chi connectivity index (χ2n) is 5.80. The van der Waals surface area contributed by atoms with Crippen molar-refractivity contribution in [2.75, 3.05) is 31.1 Å². The molecule has 0 amide bonds. The van der Waals surface area contributed by atoms with E-state index in [-0.39, 0.29) is 0 Å². The average molecular weight is 373 g/mol. The number of allylic oxidation sites excluding steroid dienone is 1. The number of benzene rings is 1. The highest BCUT2D eigenvalue weighted by atomic mass is 79.9. The van der Waals surface area contributed by atoms with Gasteiger partial charge < -0.3 is 10.2 Å². The number of nitrogens with one attached hydrogen (secondary N) is 1. The van der Waals surface area contributed by atoms with Gasteiger partial charge in [0.1, 0.15) is 6.33 Å². The van der Waals surface area contributed by atoms with Gasteiger partial charge in [0.05, 0.1) is 11.0 Å². The summed E-state index contributed by atoms with van der Waals surface area (Å²) >= 11 is 3.58. The van der Waals surface area contributed by atoms with E-state index in [9.17, 15) is 0 Å². The van der Waals surface area contributed by atoms with Crippen LogP contribution >= 0.6 is 15.9 Å². The van der Waals surface area contributed by atoms with Crippen molar-refractivity contribution < 1.29 is 0 Å². The van der Waals surface area contributed by atoms with Gasteiger partial charge in [0.2, 0.25) is 5.65 Å². The van der Waals surface area contributed by atoms with Gasteiger partial charge >= 0.3 is 0 Å². The molecule has 0 unspecified atom stereocenters. The van der Waals surface area contributed by atoms with Gasteiger partial charge in [-0.15, -0.1) is 10.2 Å². The van der Waals surface area contributed by atoms with Crippen LogP contribution in [0.25, 0.3) is 22.3 Å². The zero-order chi connectivity index (χ0) is 16.0. The molecule has 1 N–H and O–H groups in total. The Morgan fingerprint density at radius 1 is 1.30 bits per heavy atom. The fourth-order valence-corrected chi connectivity index (χ4v) is 3.47. The molecular weight excluding hydrogens is 356 g/mol. The summed E-state index contributed by atoms with van der Waals surface area (Å²) in [5.41, 5.74) is 4.74. The molecule has 0 spiro atoms. The molecule has 3 aromatic rings. The normalized spacial score (nSPS) is 15.5. The first-order valence-electron chi connectivity index (χ1n) is 7.59. The quantitative estimate of drug-likeness (QED) is 0.748. The lowest BCUT2D eigenvalue weighted by Gasteiger charge is -2.28. The summed E-state index contributed by atoms with van der Waals surface area (Å²) in [7, 11) is 0. The van der Waals surface area contributed by atoms with Crippen molar-refractivity contribution in [2.24, 2.45) is 0 Å². The van der Waals surface area contributed by atoms with Gasteiger partial charge in [-0.3, -0.25) is 4.40 Å². The summed E-state index contributed by atoms with van der Waals surface area (Å²) in [5.74, 6) is 0.890. The molecule has 4 rings (SSSR count). The molecular formula is C16H17BrN6. The van der Waals surface area contributed by atoms with E-state index >= 15 is 0 Å². The molecule has 118 valence electrons. The van der Waals surface area contributed by atoms with Crippen molar-refractivity contribution in [1.29, 1.82) is 0 Å². The Balaban J connectivity index is 2.06. The number of anilines is 1. The SMILES string of the molecule is C=C(C)c1cc(Br)cc2c1nc(N1CCNCC1)c1nncn12. The smallest absolute Gasteiger partial charge is 0.204 e. The third-order valence-corrected chi connectivity index (χ3v) is 4.61. The maximum atomic E-state index is 4.95. The third-order valence-electron chi connectivity index (χ3n) is 4.16. The molecule has 6 nitrogen and oxygen atoms in total. The van der Waals surface area contributed by atoms with E-state index < -0.39 is 0 Å². The summed E-state index contributed by atoms with van der Waals surface area (Å²) < 4.78 is 3.01. The number of nitrogens with zero attached hydrogens (tertiary/aromatic N) is 5. The van der Waals surface area contributed by atoms with Gasteiger partial charge in [0.25, 0.3) is 0 Å². The van der Waals surface area contributed by atoms with E-state index in [0.29, 0.717) is 0 Å². The van der Waals surface area contributed by atoms with Crippen LogP contribution < -0.4 is 10.2 Å². The van der Waals surface area contributed by atoms with Gasteiger partial charge in [-0.05, 0) is 24.6 Å². The Bertz CT molecular complexity index is 910. The molecule has 3 heterocycles. The van der Waals surface area contributed by atoms with E-state index in [1.807, 2.05) is 17.4 Å². The van der Waals surface area contributed by atoms with E-state index in [0.717, 1.165) is 64.3 Å². The molecule has 7 heteroatoms. The highest BCUT2D eigenvalue weighted by molar-refractivity contribution is 9.10. The van der Waals surface area contributed by atoms with E-state index in [1.165, 1.54) is 0 Å². The maximum Gasteiger partial charge on any atom is 0.204 e. The molecule has 2 aromatic heterocycles. The number of hydrogen-bond acceptors (Lipinski definition) is 5. The number of rotatable bonds is 2. The standard InChI is InChI=1S/C16H17BrN6/c1-10(2)12-7-11(17)8-13-14(12)20-15(16-21-19-9-23(13)16)22-5-3-18-4-6-22/h7-9,18H,1,3-6H2,2H3. The van der Waals surface area contributed by atoms with Gasteiger partial charge in [0, 0.05) is 36.2 Å². The minimum atomic E-state index is 0.796. The predicted molar refractivity (Wildman–Crippen MR) is 95.8 cm³/mol. The van der Waals surface area contributed by atoms with Crippen LogP contribution in [0.1, 0.15) is 12.5 Å². The molecule has 0 aliphatic carbocycles. The fourth-order valence-electron chi connectivity index (χ4n) is 3.02. The van der Waals surface area contributed by atoms with Crippen LogP contribution in [0.2, 0.25) is 0 Å². The predicted octanol–water partition coefficient (Wildman–Crippen LogP) is 2.48. The lowest BCUT2D eigenvalue weighted by molar-refractivity contribution is 0.586. The number of halogens is 1. The van der Waals surface area contributed by atoms with Crippen LogP contribution in [0, 0.1) is 0 Å². The van der Waals surface area contributed by atoms with E-state index in [1.54, 1.807) is 6.33 Å². The lowest BCUT2D eigenvalue weighted by atomic mass is 10.1. The number of piperazine rings is 1. The molecule has 1 fully saturated rings. The molecule has 1 saturated heterocycles. The molecule has 1 aliphatic heterocycles. The van der Waals surface area contributed by atoms with Crippen LogP contribution in [0.3, 0.4) is 0 Å². The van der Waals surface area contributed by atoms with Crippen LogP contribution in [-0.2, 0) is 0 Å². The van der Waals surface area contributed by atoms with Gasteiger partial charge in [-0.1, -0.05) is 22.5 Å². The molecule has 1 aromatic carbocycles. The van der Waals surface area contributed by atoms with Crippen molar-refractivity contribution in [3.63, 3.8) is 0 Å². The molecule has 0 atom stereocenters. The topological polar surface area (TPSA) is 58.4 Å². The molecule has 0 saturated carbocycles. The maximum absolute atomic E-state index is 4.95. The first-order chi connectivity index (χ1) is 11.1. The summed E-state index contributed by atoms with van der Waals surface area (Å²) in [5, 5.41) is 11.8. The Morgan fingerprint density at radius 3 is 2.83 bits per heavy atom. The Kier molecular flexibility index (Phi) is 3.54. The molecule has 23 heavy (non-hydrogen) atoms. The second kappa shape index (κ2) is 5.58. The second-order valence-corrected chi connectivity index (χ2v) is 6.71. The third kappa shape index (κ3) is 2.40.